The largest absolute Gasteiger partial charge is 0.497 e. The monoisotopic (exact) mass is 493 g/mol. The van der Waals surface area contributed by atoms with Crippen LogP contribution in [0.1, 0.15) is 31.2 Å². The van der Waals surface area contributed by atoms with E-state index in [0.717, 1.165) is 42.7 Å². The minimum Gasteiger partial charge on any atom is -0.497 e. The van der Waals surface area contributed by atoms with Gasteiger partial charge in [-0.3, -0.25) is 4.98 Å². The fraction of sp³-hybridized carbons (Fsp3) is 0.444. The van der Waals surface area contributed by atoms with Gasteiger partial charge in [0.1, 0.15) is 5.75 Å². The van der Waals surface area contributed by atoms with Gasteiger partial charge in [0.15, 0.2) is 0 Å². The molecule has 3 heterocycles. The minimum absolute atomic E-state index is 0.726. The number of anilines is 1. The van der Waals surface area contributed by atoms with Crippen LogP contribution in [0, 0.1) is 5.92 Å². The Kier molecular flexibility index (Phi) is 6.65. The smallest absolute Gasteiger partial charge is 0.119 e. The molecule has 0 atom stereocenters. The van der Waals surface area contributed by atoms with Crippen molar-refractivity contribution in [3.05, 3.63) is 64.8 Å². The molecular formula is C27H32BrN3O. The Hall–Kier alpha value is -2.11. The SMILES string of the molecule is COc1ccc(Br)c(CC2CCN(C3CCN(c4cccc5ncccc45)CC3)CC2)c1. The first kappa shape index (κ1) is 21.7. The van der Waals surface area contributed by atoms with Gasteiger partial charge < -0.3 is 14.5 Å². The summed E-state index contributed by atoms with van der Waals surface area (Å²) < 4.78 is 6.63. The average Bonchev–Trinajstić information content (AvgIpc) is 2.86. The summed E-state index contributed by atoms with van der Waals surface area (Å²) in [6.45, 7) is 4.73. The number of rotatable bonds is 5. The topological polar surface area (TPSA) is 28.6 Å². The predicted octanol–water partition coefficient (Wildman–Crippen LogP) is 5.93. The first-order chi connectivity index (χ1) is 15.7. The number of benzene rings is 2. The molecule has 4 nitrogen and oxygen atoms in total. The van der Waals surface area contributed by atoms with Crippen LogP contribution in [0.2, 0.25) is 0 Å². The summed E-state index contributed by atoms with van der Waals surface area (Å²) >= 11 is 3.73. The molecule has 168 valence electrons. The first-order valence-corrected chi connectivity index (χ1v) is 12.7. The van der Waals surface area contributed by atoms with E-state index in [9.17, 15) is 0 Å². The third kappa shape index (κ3) is 4.65. The average molecular weight is 494 g/mol. The highest BCUT2D eigenvalue weighted by Crippen LogP contribution is 2.32. The standard InChI is InChI=1S/C27H32BrN3O/c1-32-23-7-8-25(28)21(19-23)18-20-9-14-30(15-10-20)22-11-16-31(17-12-22)27-6-2-5-26-24(27)4-3-13-29-26/h2-8,13,19-20,22H,9-12,14-18H2,1H3. The van der Waals surface area contributed by atoms with Crippen molar-refractivity contribution < 1.29 is 4.74 Å². The molecule has 2 aromatic carbocycles. The van der Waals surface area contributed by atoms with Crippen molar-refractivity contribution >= 4 is 32.5 Å². The maximum absolute atomic E-state index is 5.42. The van der Waals surface area contributed by atoms with E-state index in [-0.39, 0.29) is 0 Å². The summed E-state index contributed by atoms with van der Waals surface area (Å²) in [5.41, 5.74) is 3.81. The maximum atomic E-state index is 5.42. The van der Waals surface area contributed by atoms with Crippen LogP contribution in [0.25, 0.3) is 10.9 Å². The van der Waals surface area contributed by atoms with Crippen molar-refractivity contribution in [2.75, 3.05) is 38.2 Å². The summed E-state index contributed by atoms with van der Waals surface area (Å²) in [6.07, 6.45) is 8.11. The highest BCUT2D eigenvalue weighted by atomic mass is 79.9. The van der Waals surface area contributed by atoms with Crippen LogP contribution < -0.4 is 9.64 Å². The van der Waals surface area contributed by atoms with Crippen molar-refractivity contribution in [1.82, 2.24) is 9.88 Å². The van der Waals surface area contributed by atoms with Crippen LogP contribution in [0.4, 0.5) is 5.69 Å². The molecule has 2 aliphatic heterocycles. The van der Waals surface area contributed by atoms with Gasteiger partial charge in [-0.1, -0.05) is 22.0 Å². The number of methoxy groups -OCH3 is 1. The number of likely N-dealkylation sites (tertiary alicyclic amines) is 1. The first-order valence-electron chi connectivity index (χ1n) is 11.9. The number of aromatic nitrogens is 1. The summed E-state index contributed by atoms with van der Waals surface area (Å²) in [5, 5.41) is 1.28. The number of pyridine rings is 1. The molecule has 3 aromatic rings. The van der Waals surface area contributed by atoms with E-state index in [4.69, 9.17) is 4.74 Å². The summed E-state index contributed by atoms with van der Waals surface area (Å²) in [4.78, 5) is 9.86. The molecule has 2 saturated heterocycles. The Morgan fingerprint density at radius 1 is 0.969 bits per heavy atom. The lowest BCUT2D eigenvalue weighted by molar-refractivity contribution is 0.115. The third-order valence-corrected chi connectivity index (χ3v) is 8.13. The molecule has 0 radical (unpaired) electrons. The quantitative estimate of drug-likeness (QED) is 0.440. The highest BCUT2D eigenvalue weighted by molar-refractivity contribution is 9.10. The molecule has 0 N–H and O–H groups in total. The van der Waals surface area contributed by atoms with Crippen LogP contribution in [0.5, 0.6) is 5.75 Å². The maximum Gasteiger partial charge on any atom is 0.119 e. The molecule has 0 bridgehead atoms. The highest BCUT2D eigenvalue weighted by Gasteiger charge is 2.29. The third-order valence-electron chi connectivity index (χ3n) is 7.35. The van der Waals surface area contributed by atoms with Crippen molar-refractivity contribution in [2.45, 2.75) is 38.1 Å². The molecule has 0 saturated carbocycles. The lowest BCUT2D eigenvalue weighted by Gasteiger charge is -2.42. The summed E-state index contributed by atoms with van der Waals surface area (Å²) in [6, 6.07) is 17.8. The van der Waals surface area contributed by atoms with Gasteiger partial charge in [-0.05, 0) is 99.1 Å². The van der Waals surface area contributed by atoms with Gasteiger partial charge in [-0.2, -0.15) is 0 Å². The van der Waals surface area contributed by atoms with Gasteiger partial charge >= 0.3 is 0 Å². The molecule has 0 amide bonds. The van der Waals surface area contributed by atoms with E-state index in [1.54, 1.807) is 7.11 Å². The van der Waals surface area contributed by atoms with Crippen LogP contribution in [0.15, 0.2) is 59.2 Å². The van der Waals surface area contributed by atoms with Crippen molar-refractivity contribution in [1.29, 1.82) is 0 Å². The van der Waals surface area contributed by atoms with Crippen molar-refractivity contribution in [3.8, 4) is 5.75 Å². The van der Waals surface area contributed by atoms with Gasteiger partial charge in [0.2, 0.25) is 0 Å². The van der Waals surface area contributed by atoms with Crippen LogP contribution in [-0.4, -0.2) is 49.2 Å². The van der Waals surface area contributed by atoms with E-state index in [1.807, 2.05) is 18.3 Å². The Morgan fingerprint density at radius 3 is 2.56 bits per heavy atom. The number of hydrogen-bond donors (Lipinski definition) is 0. The van der Waals surface area contributed by atoms with Crippen LogP contribution in [-0.2, 0) is 6.42 Å². The second-order valence-corrected chi connectivity index (χ2v) is 10.1. The zero-order valence-corrected chi connectivity index (χ0v) is 20.4. The van der Waals surface area contributed by atoms with Crippen LogP contribution >= 0.6 is 15.9 Å². The molecular weight excluding hydrogens is 462 g/mol. The predicted molar refractivity (Wildman–Crippen MR) is 136 cm³/mol. The lowest BCUT2D eigenvalue weighted by Crippen LogP contribution is -2.48. The molecule has 0 spiro atoms. The number of nitrogens with zero attached hydrogens (tertiary/aromatic N) is 3. The second-order valence-electron chi connectivity index (χ2n) is 9.21. The van der Waals surface area contributed by atoms with Gasteiger partial charge in [-0.25, -0.2) is 0 Å². The lowest BCUT2D eigenvalue weighted by atomic mass is 9.88. The normalized spacial score (nSPS) is 18.9. The van der Waals surface area contributed by atoms with E-state index in [2.05, 4.69) is 67.1 Å². The molecule has 0 unspecified atom stereocenters. The summed E-state index contributed by atoms with van der Waals surface area (Å²) in [7, 11) is 1.74. The molecule has 2 fully saturated rings. The number of fused-ring (bicyclic) bond motifs is 1. The number of hydrogen-bond acceptors (Lipinski definition) is 4. The fourth-order valence-corrected chi connectivity index (χ4v) is 5.91. The summed E-state index contributed by atoms with van der Waals surface area (Å²) in [5.74, 6) is 1.72. The molecule has 5 heteroatoms. The van der Waals surface area contributed by atoms with Gasteiger partial charge in [0.05, 0.1) is 12.6 Å². The molecule has 0 aliphatic carbocycles. The van der Waals surface area contributed by atoms with Crippen LogP contribution in [0.3, 0.4) is 0 Å². The number of halogens is 1. The Balaban J connectivity index is 1.15. The van der Waals surface area contributed by atoms with E-state index >= 15 is 0 Å². The Bertz CT molecular complexity index is 1050. The fourth-order valence-electron chi connectivity index (χ4n) is 5.50. The molecule has 5 rings (SSSR count). The minimum atomic E-state index is 0.726. The number of ether oxygens (including phenoxy) is 1. The van der Waals surface area contributed by atoms with Gasteiger partial charge in [0.25, 0.3) is 0 Å². The molecule has 2 aliphatic rings. The Morgan fingerprint density at radius 2 is 1.78 bits per heavy atom. The van der Waals surface area contributed by atoms with E-state index in [0.29, 0.717) is 0 Å². The van der Waals surface area contributed by atoms with Gasteiger partial charge in [-0.15, -0.1) is 0 Å². The van der Waals surface area contributed by atoms with Crippen molar-refractivity contribution in [2.24, 2.45) is 5.92 Å². The zero-order chi connectivity index (χ0) is 21.9. The zero-order valence-electron chi connectivity index (χ0n) is 18.8. The van der Waals surface area contributed by atoms with E-state index < -0.39 is 0 Å². The second kappa shape index (κ2) is 9.80. The number of piperidine rings is 2. The Labute approximate surface area is 199 Å². The van der Waals surface area contributed by atoms with Crippen molar-refractivity contribution in [3.63, 3.8) is 0 Å². The molecule has 32 heavy (non-hydrogen) atoms. The molecule has 1 aromatic heterocycles. The van der Waals surface area contributed by atoms with Gasteiger partial charge in [0, 0.05) is 40.9 Å². The van der Waals surface area contributed by atoms with E-state index in [1.165, 1.54) is 59.9 Å².